The van der Waals surface area contributed by atoms with Crippen molar-refractivity contribution in [2.75, 3.05) is 31.5 Å². The second-order valence-electron chi connectivity index (χ2n) is 10.9. The average Bonchev–Trinajstić information content (AvgIpc) is 3.12. The minimum absolute atomic E-state index is 0.0537. The van der Waals surface area contributed by atoms with E-state index in [0.717, 1.165) is 62.9 Å². The Balaban J connectivity index is 1.29. The maximum absolute atomic E-state index is 13.9. The highest BCUT2D eigenvalue weighted by Crippen LogP contribution is 2.42. The third kappa shape index (κ3) is 5.10. The molecule has 1 N–H and O–H groups in total. The second kappa shape index (κ2) is 10.1. The van der Waals surface area contributed by atoms with Crippen molar-refractivity contribution in [3.8, 4) is 0 Å². The quantitative estimate of drug-likeness (QED) is 0.384. The van der Waals surface area contributed by atoms with Crippen LogP contribution in [0.25, 0.3) is 0 Å². The van der Waals surface area contributed by atoms with Crippen LogP contribution in [-0.4, -0.2) is 58.6 Å². The molecule has 2 bridgehead atoms. The molecule has 0 radical (unpaired) electrons. The van der Waals surface area contributed by atoms with Gasteiger partial charge in [0.1, 0.15) is 6.54 Å². The van der Waals surface area contributed by atoms with Crippen LogP contribution in [0.1, 0.15) is 62.6 Å². The fourth-order valence-electron chi connectivity index (χ4n) is 6.54. The van der Waals surface area contributed by atoms with Crippen LogP contribution in [0.3, 0.4) is 0 Å². The van der Waals surface area contributed by atoms with Crippen molar-refractivity contribution in [2.24, 2.45) is 5.92 Å². The Bertz CT molecular complexity index is 1040. The zero-order valence-electron chi connectivity index (χ0n) is 20.7. The Kier molecular flexibility index (Phi) is 6.87. The van der Waals surface area contributed by atoms with Crippen molar-refractivity contribution >= 4 is 17.7 Å². The third-order valence-corrected chi connectivity index (χ3v) is 8.48. The standard InChI is InChI=1S/C28H36N4O3/c1-21-17-29-18-25(30-21)31-26(33)20-32-15-11-22(12-16-32)24(19-32)35-27(34)28(13-7-2-3-8-14-28)23-9-5-4-6-10-23/h4-6,9-10,17-18,22,24H,2-3,7-8,11-16,19-20H2,1H3/p+1/t22?,24-,32?/m0/s1. The SMILES string of the molecule is Cc1cncc(NC(=O)C[N+]23CCC(CC2)[C@@H](OC(=O)C2(c4ccccc4)CCCCCC2)C3)n1. The summed E-state index contributed by atoms with van der Waals surface area (Å²) in [6.07, 6.45) is 11.3. The van der Waals surface area contributed by atoms with E-state index < -0.39 is 5.41 Å². The summed E-state index contributed by atoms with van der Waals surface area (Å²) in [4.78, 5) is 35.3. The van der Waals surface area contributed by atoms with E-state index in [-0.39, 0.29) is 18.0 Å². The van der Waals surface area contributed by atoms with Gasteiger partial charge in [0, 0.05) is 25.0 Å². The Morgan fingerprint density at radius 2 is 1.77 bits per heavy atom. The lowest BCUT2D eigenvalue weighted by molar-refractivity contribution is -0.939. The smallest absolute Gasteiger partial charge is 0.317 e. The van der Waals surface area contributed by atoms with Gasteiger partial charge >= 0.3 is 5.97 Å². The number of fused-ring (bicyclic) bond motifs is 3. The first kappa shape index (κ1) is 23.9. The number of quaternary nitrogens is 1. The number of anilines is 1. The minimum atomic E-state index is -0.546. The van der Waals surface area contributed by atoms with Crippen LogP contribution in [0.2, 0.25) is 0 Å². The molecule has 2 aromatic rings. The van der Waals surface area contributed by atoms with Gasteiger partial charge in [0.2, 0.25) is 0 Å². The normalized spacial score (nSPS) is 27.6. The minimum Gasteiger partial charge on any atom is -0.455 e. The number of hydrogen-bond donors (Lipinski definition) is 1. The summed E-state index contributed by atoms with van der Waals surface area (Å²) in [5, 5.41) is 2.91. The van der Waals surface area contributed by atoms with E-state index in [1.807, 2.05) is 25.1 Å². The van der Waals surface area contributed by atoms with Gasteiger partial charge in [-0.25, -0.2) is 4.98 Å². The predicted octanol–water partition coefficient (Wildman–Crippen LogP) is 4.17. The summed E-state index contributed by atoms with van der Waals surface area (Å²) in [5.41, 5.74) is 1.32. The summed E-state index contributed by atoms with van der Waals surface area (Å²) in [6, 6.07) is 10.3. The molecule has 1 saturated carbocycles. The van der Waals surface area contributed by atoms with Gasteiger partial charge in [-0.3, -0.25) is 14.6 Å². The number of benzene rings is 1. The average molecular weight is 478 g/mol. The van der Waals surface area contributed by atoms with Crippen LogP contribution in [0, 0.1) is 12.8 Å². The lowest BCUT2D eigenvalue weighted by atomic mass is 9.74. The first-order valence-corrected chi connectivity index (χ1v) is 13.2. The van der Waals surface area contributed by atoms with Gasteiger partial charge in [-0.1, -0.05) is 56.0 Å². The summed E-state index contributed by atoms with van der Waals surface area (Å²) < 4.78 is 7.09. The Hall–Kier alpha value is -2.80. The van der Waals surface area contributed by atoms with Crippen molar-refractivity contribution in [2.45, 2.75) is 69.8 Å². The van der Waals surface area contributed by atoms with Crippen molar-refractivity contribution < 1.29 is 18.8 Å². The molecule has 7 heteroatoms. The van der Waals surface area contributed by atoms with Crippen LogP contribution in [0.4, 0.5) is 5.82 Å². The third-order valence-electron chi connectivity index (χ3n) is 8.48. The monoisotopic (exact) mass is 477 g/mol. The summed E-state index contributed by atoms with van der Waals surface area (Å²) in [6.45, 7) is 4.86. The van der Waals surface area contributed by atoms with Gasteiger partial charge < -0.3 is 14.5 Å². The van der Waals surface area contributed by atoms with Gasteiger partial charge in [-0.2, -0.15) is 0 Å². The van der Waals surface area contributed by atoms with E-state index in [0.29, 0.717) is 29.3 Å². The first-order valence-electron chi connectivity index (χ1n) is 13.2. The molecule has 1 amide bonds. The predicted molar refractivity (Wildman–Crippen MR) is 134 cm³/mol. The molecule has 7 nitrogen and oxygen atoms in total. The largest absolute Gasteiger partial charge is 0.455 e. The van der Waals surface area contributed by atoms with E-state index in [2.05, 4.69) is 27.4 Å². The van der Waals surface area contributed by atoms with Crippen LogP contribution >= 0.6 is 0 Å². The zero-order valence-corrected chi connectivity index (χ0v) is 20.7. The number of carbonyl (C=O) groups is 2. The first-order chi connectivity index (χ1) is 17.0. The number of piperidine rings is 3. The van der Waals surface area contributed by atoms with Gasteiger partial charge in [-0.15, -0.1) is 0 Å². The maximum atomic E-state index is 13.9. The number of rotatable bonds is 6. The summed E-state index contributed by atoms with van der Waals surface area (Å²) >= 11 is 0. The molecule has 3 saturated heterocycles. The molecule has 1 aromatic carbocycles. The summed E-state index contributed by atoms with van der Waals surface area (Å²) in [7, 11) is 0. The number of esters is 1. The number of aryl methyl sites for hydroxylation is 1. The van der Waals surface area contributed by atoms with E-state index >= 15 is 0 Å². The highest BCUT2D eigenvalue weighted by Gasteiger charge is 2.51. The molecular weight excluding hydrogens is 440 g/mol. The molecular formula is C28H37N4O3+. The molecule has 1 atom stereocenters. The molecule has 4 heterocycles. The van der Waals surface area contributed by atoms with Crippen molar-refractivity contribution in [1.82, 2.24) is 9.97 Å². The molecule has 1 aliphatic carbocycles. The topological polar surface area (TPSA) is 81.2 Å². The molecule has 186 valence electrons. The lowest BCUT2D eigenvalue weighted by Gasteiger charge is -2.52. The van der Waals surface area contributed by atoms with Gasteiger partial charge in [0.25, 0.3) is 5.91 Å². The van der Waals surface area contributed by atoms with E-state index in [9.17, 15) is 9.59 Å². The number of aromatic nitrogens is 2. The fourth-order valence-corrected chi connectivity index (χ4v) is 6.54. The zero-order chi connectivity index (χ0) is 24.3. The molecule has 0 unspecified atom stereocenters. The number of amides is 1. The van der Waals surface area contributed by atoms with Crippen molar-refractivity contribution in [3.05, 3.63) is 54.0 Å². The lowest BCUT2D eigenvalue weighted by Crippen LogP contribution is -2.66. The highest BCUT2D eigenvalue weighted by molar-refractivity contribution is 5.90. The van der Waals surface area contributed by atoms with Crippen LogP contribution in [-0.2, 0) is 19.7 Å². The molecule has 35 heavy (non-hydrogen) atoms. The molecule has 6 rings (SSSR count). The van der Waals surface area contributed by atoms with Crippen LogP contribution in [0.15, 0.2) is 42.7 Å². The molecule has 0 spiro atoms. The van der Waals surface area contributed by atoms with Gasteiger partial charge in [0.15, 0.2) is 18.5 Å². The highest BCUT2D eigenvalue weighted by atomic mass is 16.5. The number of nitrogens with one attached hydrogen (secondary N) is 1. The summed E-state index contributed by atoms with van der Waals surface area (Å²) in [5.74, 6) is 0.770. The molecule has 4 aliphatic rings. The van der Waals surface area contributed by atoms with Crippen LogP contribution in [0.5, 0.6) is 0 Å². The van der Waals surface area contributed by atoms with Gasteiger partial charge in [0.05, 0.1) is 30.4 Å². The number of carbonyl (C=O) groups excluding carboxylic acids is 2. The Labute approximate surface area is 207 Å². The Morgan fingerprint density at radius 1 is 1.06 bits per heavy atom. The molecule has 4 fully saturated rings. The van der Waals surface area contributed by atoms with E-state index in [1.165, 1.54) is 12.8 Å². The fraction of sp³-hybridized carbons (Fsp3) is 0.571. The van der Waals surface area contributed by atoms with Gasteiger partial charge in [-0.05, 0) is 25.3 Å². The molecule has 1 aromatic heterocycles. The number of nitrogens with zero attached hydrogens (tertiary/aromatic N) is 3. The molecule has 3 aliphatic heterocycles. The van der Waals surface area contributed by atoms with Crippen molar-refractivity contribution in [1.29, 1.82) is 0 Å². The number of hydrogen-bond acceptors (Lipinski definition) is 5. The van der Waals surface area contributed by atoms with Crippen LogP contribution < -0.4 is 5.32 Å². The maximum Gasteiger partial charge on any atom is 0.317 e. The van der Waals surface area contributed by atoms with E-state index in [4.69, 9.17) is 4.74 Å². The Morgan fingerprint density at radius 3 is 2.46 bits per heavy atom. The van der Waals surface area contributed by atoms with Crippen molar-refractivity contribution in [3.63, 3.8) is 0 Å². The second-order valence-corrected chi connectivity index (χ2v) is 10.9. The van der Waals surface area contributed by atoms with E-state index in [1.54, 1.807) is 12.4 Å². The number of ether oxygens (including phenoxy) is 1.